The van der Waals surface area contributed by atoms with Gasteiger partial charge in [-0.1, -0.05) is 24.3 Å². The third-order valence-electron chi connectivity index (χ3n) is 3.55. The minimum absolute atomic E-state index is 0.0477. The molecule has 0 fully saturated rings. The van der Waals surface area contributed by atoms with Gasteiger partial charge >= 0.3 is 0 Å². The summed E-state index contributed by atoms with van der Waals surface area (Å²) < 4.78 is 62.8. The number of nitrogens with two attached hydrogens (primary N) is 1. The SMILES string of the molecule is C[C@H](NS(=O)(=O)c1ccccc1F)C(=O)NCc1cccc(S(N)(=O)=O)c1. The average molecular weight is 415 g/mol. The fourth-order valence-electron chi connectivity index (χ4n) is 2.19. The van der Waals surface area contributed by atoms with Gasteiger partial charge in [-0.25, -0.2) is 26.4 Å². The largest absolute Gasteiger partial charge is 0.351 e. The molecule has 2 aromatic carbocycles. The first-order chi connectivity index (χ1) is 12.5. The van der Waals surface area contributed by atoms with Crippen molar-refractivity contribution in [3.63, 3.8) is 0 Å². The number of carbonyl (C=O) groups excluding carboxylic acids is 1. The number of amides is 1. The van der Waals surface area contributed by atoms with Gasteiger partial charge in [0.25, 0.3) is 0 Å². The lowest BCUT2D eigenvalue weighted by Crippen LogP contribution is -2.44. The van der Waals surface area contributed by atoms with Crippen molar-refractivity contribution in [3.8, 4) is 0 Å². The molecule has 8 nitrogen and oxygen atoms in total. The van der Waals surface area contributed by atoms with E-state index in [0.717, 1.165) is 12.1 Å². The van der Waals surface area contributed by atoms with Crippen molar-refractivity contribution in [2.24, 2.45) is 5.14 Å². The quantitative estimate of drug-likeness (QED) is 0.604. The van der Waals surface area contributed by atoms with Crippen LogP contribution in [0.25, 0.3) is 0 Å². The van der Waals surface area contributed by atoms with E-state index in [-0.39, 0.29) is 11.4 Å². The van der Waals surface area contributed by atoms with Crippen LogP contribution in [0.3, 0.4) is 0 Å². The summed E-state index contributed by atoms with van der Waals surface area (Å²) in [5.41, 5.74) is 0.457. The molecule has 2 rings (SSSR count). The van der Waals surface area contributed by atoms with E-state index in [9.17, 15) is 26.0 Å². The van der Waals surface area contributed by atoms with Crippen LogP contribution < -0.4 is 15.2 Å². The Hall–Kier alpha value is -2.34. The topological polar surface area (TPSA) is 135 Å². The molecule has 146 valence electrons. The van der Waals surface area contributed by atoms with Gasteiger partial charge in [0.2, 0.25) is 26.0 Å². The third kappa shape index (κ3) is 5.57. The first-order valence-electron chi connectivity index (χ1n) is 7.67. The Bertz CT molecular complexity index is 1060. The minimum Gasteiger partial charge on any atom is -0.351 e. The zero-order valence-corrected chi connectivity index (χ0v) is 15.8. The molecule has 1 amide bonds. The lowest BCUT2D eigenvalue weighted by molar-refractivity contribution is -0.122. The summed E-state index contributed by atoms with van der Waals surface area (Å²) in [6.45, 7) is 1.25. The summed E-state index contributed by atoms with van der Waals surface area (Å²) in [4.78, 5) is 11.4. The van der Waals surface area contributed by atoms with Gasteiger partial charge in [0, 0.05) is 6.54 Å². The maximum absolute atomic E-state index is 13.7. The lowest BCUT2D eigenvalue weighted by atomic mass is 10.2. The molecule has 0 unspecified atom stereocenters. The van der Waals surface area contributed by atoms with E-state index in [2.05, 4.69) is 10.0 Å². The normalized spacial score (nSPS) is 13.1. The van der Waals surface area contributed by atoms with Crippen LogP contribution in [0.4, 0.5) is 4.39 Å². The number of hydrogen-bond acceptors (Lipinski definition) is 5. The molecule has 0 radical (unpaired) electrons. The smallest absolute Gasteiger partial charge is 0.244 e. The van der Waals surface area contributed by atoms with Gasteiger partial charge in [0.1, 0.15) is 10.7 Å². The van der Waals surface area contributed by atoms with Crippen LogP contribution in [0.1, 0.15) is 12.5 Å². The molecule has 0 saturated heterocycles. The summed E-state index contributed by atoms with van der Waals surface area (Å²) >= 11 is 0. The van der Waals surface area contributed by atoms with E-state index in [4.69, 9.17) is 5.14 Å². The van der Waals surface area contributed by atoms with Gasteiger partial charge in [-0.3, -0.25) is 4.79 Å². The van der Waals surface area contributed by atoms with Crippen LogP contribution in [0.5, 0.6) is 0 Å². The fourth-order valence-corrected chi connectivity index (χ4v) is 4.05. The molecular weight excluding hydrogens is 397 g/mol. The zero-order chi connectivity index (χ0) is 20.2. The highest BCUT2D eigenvalue weighted by Gasteiger charge is 2.24. The highest BCUT2D eigenvalue weighted by Crippen LogP contribution is 2.14. The van der Waals surface area contributed by atoms with E-state index in [1.165, 1.54) is 37.3 Å². The van der Waals surface area contributed by atoms with E-state index in [0.29, 0.717) is 5.56 Å². The van der Waals surface area contributed by atoms with Gasteiger partial charge in [-0.2, -0.15) is 4.72 Å². The molecule has 1 atom stereocenters. The van der Waals surface area contributed by atoms with E-state index in [1.54, 1.807) is 6.07 Å². The van der Waals surface area contributed by atoms with Crippen molar-refractivity contribution < 1.29 is 26.0 Å². The van der Waals surface area contributed by atoms with Crippen LogP contribution in [-0.2, 0) is 31.4 Å². The Balaban J connectivity index is 2.03. The Kier molecular flexibility index (Phi) is 6.31. The summed E-state index contributed by atoms with van der Waals surface area (Å²) in [5.74, 6) is -1.60. The Morgan fingerprint density at radius 2 is 1.78 bits per heavy atom. The summed E-state index contributed by atoms with van der Waals surface area (Å²) in [7, 11) is -8.10. The second-order valence-electron chi connectivity index (χ2n) is 5.68. The van der Waals surface area contributed by atoms with Crippen molar-refractivity contribution in [1.82, 2.24) is 10.0 Å². The molecule has 0 aliphatic carbocycles. The Morgan fingerprint density at radius 3 is 2.41 bits per heavy atom. The van der Waals surface area contributed by atoms with Crippen LogP contribution in [0.15, 0.2) is 58.3 Å². The van der Waals surface area contributed by atoms with E-state index in [1.807, 2.05) is 0 Å². The maximum Gasteiger partial charge on any atom is 0.244 e. The Morgan fingerprint density at radius 1 is 1.11 bits per heavy atom. The molecule has 11 heteroatoms. The molecule has 0 aliphatic rings. The van der Waals surface area contributed by atoms with Crippen molar-refractivity contribution in [1.29, 1.82) is 0 Å². The van der Waals surface area contributed by atoms with Crippen molar-refractivity contribution >= 4 is 26.0 Å². The average Bonchev–Trinajstić information content (AvgIpc) is 2.59. The molecule has 0 spiro atoms. The number of rotatable bonds is 7. The third-order valence-corrected chi connectivity index (χ3v) is 6.03. The van der Waals surface area contributed by atoms with Crippen molar-refractivity contribution in [3.05, 3.63) is 59.9 Å². The number of sulfonamides is 2. The fraction of sp³-hybridized carbons (Fsp3) is 0.188. The number of primary sulfonamides is 1. The van der Waals surface area contributed by atoms with Crippen LogP contribution >= 0.6 is 0 Å². The predicted molar refractivity (Wildman–Crippen MR) is 95.8 cm³/mol. The number of halogens is 1. The zero-order valence-electron chi connectivity index (χ0n) is 14.2. The second-order valence-corrected chi connectivity index (χ2v) is 8.93. The highest BCUT2D eigenvalue weighted by atomic mass is 32.2. The second kappa shape index (κ2) is 8.13. The number of hydrogen-bond donors (Lipinski definition) is 3. The van der Waals surface area contributed by atoms with Crippen LogP contribution in [0.2, 0.25) is 0 Å². The molecule has 0 heterocycles. The van der Waals surface area contributed by atoms with Gasteiger partial charge in [0.15, 0.2) is 0 Å². The van der Waals surface area contributed by atoms with Gasteiger partial charge in [-0.05, 0) is 36.8 Å². The molecule has 0 aliphatic heterocycles. The number of nitrogens with one attached hydrogen (secondary N) is 2. The molecule has 4 N–H and O–H groups in total. The molecule has 0 aromatic heterocycles. The standard InChI is InChI=1S/C16H18FN3O5S2/c1-11(20-27(24,25)15-8-3-2-7-14(15)17)16(21)19-10-12-5-4-6-13(9-12)26(18,22)23/h2-9,11,20H,10H2,1H3,(H,19,21)(H2,18,22,23)/t11-/m0/s1. The number of carbonyl (C=O) groups is 1. The maximum atomic E-state index is 13.7. The van der Waals surface area contributed by atoms with Crippen molar-refractivity contribution in [2.75, 3.05) is 0 Å². The predicted octanol–water partition coefficient (Wildman–Crippen LogP) is 0.456. The summed E-state index contributed by atoms with van der Waals surface area (Å²) in [6.07, 6.45) is 0. The van der Waals surface area contributed by atoms with Crippen molar-refractivity contribution in [2.45, 2.75) is 29.3 Å². The Labute approximate surface area is 156 Å². The molecule has 0 saturated carbocycles. The van der Waals surface area contributed by atoms with E-state index >= 15 is 0 Å². The van der Waals surface area contributed by atoms with Gasteiger partial charge < -0.3 is 5.32 Å². The first-order valence-corrected chi connectivity index (χ1v) is 10.7. The van der Waals surface area contributed by atoms with E-state index < -0.39 is 42.7 Å². The molecule has 27 heavy (non-hydrogen) atoms. The summed E-state index contributed by atoms with van der Waals surface area (Å²) in [6, 6.07) is 9.25. The van der Waals surface area contributed by atoms with Crippen LogP contribution in [-0.4, -0.2) is 28.8 Å². The minimum atomic E-state index is -4.23. The molecule has 2 aromatic rings. The molecule has 0 bridgehead atoms. The summed E-state index contributed by atoms with van der Waals surface area (Å²) in [5, 5.41) is 7.52. The lowest BCUT2D eigenvalue weighted by Gasteiger charge is -2.15. The number of benzene rings is 2. The van der Waals surface area contributed by atoms with Crippen LogP contribution in [0, 0.1) is 5.82 Å². The van der Waals surface area contributed by atoms with Gasteiger partial charge in [-0.15, -0.1) is 0 Å². The molecular formula is C16H18FN3O5S2. The highest BCUT2D eigenvalue weighted by molar-refractivity contribution is 7.89. The first kappa shape index (κ1) is 21.0. The monoisotopic (exact) mass is 415 g/mol. The van der Waals surface area contributed by atoms with Gasteiger partial charge in [0.05, 0.1) is 10.9 Å².